The first-order valence-corrected chi connectivity index (χ1v) is 4.83. The molecule has 0 bridgehead atoms. The fraction of sp³-hybridized carbons (Fsp3) is 0.125. The molecular weight excluding hydrogens is 255 g/mol. The highest BCUT2D eigenvalue weighted by molar-refractivity contribution is 9.10. The Morgan fingerprint density at radius 1 is 1.62 bits per heavy atom. The molecule has 0 aliphatic heterocycles. The van der Waals surface area contributed by atoms with Crippen LogP contribution in [0.1, 0.15) is 0 Å². The lowest BCUT2D eigenvalue weighted by atomic mass is 10.3. The molecule has 0 aromatic heterocycles. The highest BCUT2D eigenvalue weighted by Gasteiger charge is 2.00. The van der Waals surface area contributed by atoms with Crippen molar-refractivity contribution in [3.8, 4) is 5.75 Å². The van der Waals surface area contributed by atoms with Crippen LogP contribution in [0.25, 0.3) is 0 Å². The molecule has 0 unspecified atom stereocenters. The zero-order valence-corrected chi connectivity index (χ0v) is 9.01. The highest BCUT2D eigenvalue weighted by atomic mass is 79.9. The summed E-state index contributed by atoms with van der Waals surface area (Å²) in [5, 5.41) is 9.35. The van der Waals surface area contributed by atoms with Crippen molar-refractivity contribution < 1.29 is 5.11 Å². The van der Waals surface area contributed by atoms with Crippen molar-refractivity contribution >= 4 is 39.1 Å². The predicted molar refractivity (Wildman–Crippen MR) is 57.8 cm³/mol. The van der Waals surface area contributed by atoms with Gasteiger partial charge < -0.3 is 10.8 Å². The van der Waals surface area contributed by atoms with Gasteiger partial charge in [-0.15, -0.1) is 11.6 Å². The molecule has 1 aromatic rings. The number of nitrogens with zero attached hydrogens (tertiary/aromatic N) is 1. The largest absolute Gasteiger partial charge is 0.506 e. The van der Waals surface area contributed by atoms with E-state index in [1.807, 2.05) is 0 Å². The molecule has 0 atom stereocenters. The lowest BCUT2D eigenvalue weighted by Gasteiger charge is -2.00. The molecular formula is C8H8BrClN2O. The minimum absolute atomic E-state index is 0.0799. The van der Waals surface area contributed by atoms with E-state index >= 15 is 0 Å². The van der Waals surface area contributed by atoms with Gasteiger partial charge in [0.25, 0.3) is 0 Å². The van der Waals surface area contributed by atoms with Crippen LogP contribution in [0.4, 0.5) is 5.69 Å². The Labute approximate surface area is 89.4 Å². The fourth-order valence-electron chi connectivity index (χ4n) is 0.771. The molecule has 13 heavy (non-hydrogen) atoms. The summed E-state index contributed by atoms with van der Waals surface area (Å²) in [7, 11) is 0. The molecule has 3 N–H and O–H groups in total. The number of benzene rings is 1. The molecule has 0 saturated heterocycles. The summed E-state index contributed by atoms with van der Waals surface area (Å²) in [6, 6.07) is 4.91. The molecule has 70 valence electrons. The highest BCUT2D eigenvalue weighted by Crippen LogP contribution is 2.29. The van der Waals surface area contributed by atoms with E-state index in [9.17, 15) is 5.11 Å². The maximum absolute atomic E-state index is 9.35. The average Bonchev–Trinajstić information content (AvgIpc) is 2.11. The summed E-state index contributed by atoms with van der Waals surface area (Å²) in [4.78, 5) is 3.92. The van der Waals surface area contributed by atoms with Gasteiger partial charge in [0.15, 0.2) is 0 Å². The standard InChI is InChI=1S/C8H8BrClN2O/c9-5-1-2-7(13)6(3-5)12-8(11)4-10/h1-3,13H,4H2,(H2,11,12). The van der Waals surface area contributed by atoms with Gasteiger partial charge in [0.2, 0.25) is 0 Å². The van der Waals surface area contributed by atoms with E-state index in [2.05, 4.69) is 20.9 Å². The Morgan fingerprint density at radius 3 is 2.92 bits per heavy atom. The molecule has 0 aliphatic rings. The topological polar surface area (TPSA) is 58.6 Å². The summed E-state index contributed by atoms with van der Waals surface area (Å²) >= 11 is 8.70. The fourth-order valence-corrected chi connectivity index (χ4v) is 1.18. The zero-order valence-electron chi connectivity index (χ0n) is 6.67. The quantitative estimate of drug-likeness (QED) is 0.489. The van der Waals surface area contributed by atoms with Crippen LogP contribution < -0.4 is 5.73 Å². The number of amidine groups is 1. The van der Waals surface area contributed by atoms with Crippen LogP contribution in [0.3, 0.4) is 0 Å². The number of nitrogens with two attached hydrogens (primary N) is 1. The molecule has 0 amide bonds. The van der Waals surface area contributed by atoms with E-state index in [0.29, 0.717) is 5.69 Å². The summed E-state index contributed by atoms with van der Waals surface area (Å²) in [6.45, 7) is 0. The van der Waals surface area contributed by atoms with E-state index in [1.54, 1.807) is 12.1 Å². The van der Waals surface area contributed by atoms with E-state index in [-0.39, 0.29) is 17.5 Å². The van der Waals surface area contributed by atoms with Gasteiger partial charge in [0, 0.05) is 4.47 Å². The Morgan fingerprint density at radius 2 is 2.31 bits per heavy atom. The number of hydrogen-bond acceptors (Lipinski definition) is 2. The Hall–Kier alpha value is -0.740. The number of aromatic hydroxyl groups is 1. The van der Waals surface area contributed by atoms with Crippen molar-refractivity contribution in [2.75, 3.05) is 5.88 Å². The molecule has 0 heterocycles. The number of hydrogen-bond donors (Lipinski definition) is 2. The predicted octanol–water partition coefficient (Wildman–Crippen LogP) is 2.38. The molecule has 0 spiro atoms. The maximum Gasteiger partial charge on any atom is 0.141 e. The molecule has 1 rings (SSSR count). The molecule has 0 saturated carbocycles. The number of aliphatic imine (C=N–C) groups is 1. The minimum Gasteiger partial charge on any atom is -0.506 e. The molecule has 5 heteroatoms. The Bertz CT molecular complexity index is 341. The number of phenols is 1. The summed E-state index contributed by atoms with van der Waals surface area (Å²) < 4.78 is 0.825. The van der Waals surface area contributed by atoms with Crippen LogP contribution in [-0.2, 0) is 0 Å². The van der Waals surface area contributed by atoms with Crippen molar-refractivity contribution in [3.63, 3.8) is 0 Å². The SMILES string of the molecule is NC(CCl)=Nc1cc(Br)ccc1O. The second-order valence-corrected chi connectivity index (χ2v) is 3.55. The average molecular weight is 264 g/mol. The lowest BCUT2D eigenvalue weighted by Crippen LogP contribution is -2.12. The van der Waals surface area contributed by atoms with Crippen molar-refractivity contribution in [3.05, 3.63) is 22.7 Å². The third-order valence-electron chi connectivity index (χ3n) is 1.34. The van der Waals surface area contributed by atoms with E-state index < -0.39 is 0 Å². The molecule has 3 nitrogen and oxygen atoms in total. The Kier molecular flexibility index (Phi) is 3.57. The number of alkyl halides is 1. The number of halogens is 2. The summed E-state index contributed by atoms with van der Waals surface area (Å²) in [6.07, 6.45) is 0. The van der Waals surface area contributed by atoms with Crippen molar-refractivity contribution in [2.45, 2.75) is 0 Å². The monoisotopic (exact) mass is 262 g/mol. The van der Waals surface area contributed by atoms with Gasteiger partial charge in [0.1, 0.15) is 17.3 Å². The first kappa shape index (κ1) is 10.3. The number of rotatable bonds is 2. The normalized spacial score (nSPS) is 11.7. The van der Waals surface area contributed by atoms with E-state index in [4.69, 9.17) is 17.3 Å². The van der Waals surface area contributed by atoms with Crippen LogP contribution in [0.2, 0.25) is 0 Å². The van der Waals surface area contributed by atoms with Gasteiger partial charge in [-0.1, -0.05) is 15.9 Å². The number of phenolic OH excluding ortho intramolecular Hbond substituents is 1. The minimum atomic E-state index is 0.0799. The van der Waals surface area contributed by atoms with E-state index in [1.165, 1.54) is 6.07 Å². The molecule has 0 aliphatic carbocycles. The maximum atomic E-state index is 9.35. The second-order valence-electron chi connectivity index (χ2n) is 2.37. The van der Waals surface area contributed by atoms with E-state index in [0.717, 1.165) is 4.47 Å². The van der Waals surface area contributed by atoms with Crippen LogP contribution >= 0.6 is 27.5 Å². The smallest absolute Gasteiger partial charge is 0.141 e. The van der Waals surface area contributed by atoms with Gasteiger partial charge in [-0.2, -0.15) is 0 Å². The second kappa shape index (κ2) is 4.48. The first-order chi connectivity index (χ1) is 6.13. The van der Waals surface area contributed by atoms with Crippen molar-refractivity contribution in [2.24, 2.45) is 10.7 Å². The lowest BCUT2D eigenvalue weighted by molar-refractivity contribution is 0.477. The molecule has 0 radical (unpaired) electrons. The third kappa shape index (κ3) is 2.90. The summed E-state index contributed by atoms with van der Waals surface area (Å²) in [5.74, 6) is 0.498. The Balaban J connectivity index is 3.07. The van der Waals surface area contributed by atoms with Gasteiger partial charge in [-0.25, -0.2) is 4.99 Å². The first-order valence-electron chi connectivity index (χ1n) is 3.51. The van der Waals surface area contributed by atoms with Crippen LogP contribution in [-0.4, -0.2) is 16.8 Å². The van der Waals surface area contributed by atoms with Gasteiger partial charge in [0.05, 0.1) is 5.88 Å². The van der Waals surface area contributed by atoms with Crippen molar-refractivity contribution in [1.29, 1.82) is 0 Å². The molecule has 1 aromatic carbocycles. The summed E-state index contributed by atoms with van der Waals surface area (Å²) in [5.41, 5.74) is 5.83. The van der Waals surface area contributed by atoms with Gasteiger partial charge in [-0.3, -0.25) is 0 Å². The molecule has 0 fully saturated rings. The van der Waals surface area contributed by atoms with Gasteiger partial charge in [-0.05, 0) is 18.2 Å². The van der Waals surface area contributed by atoms with Crippen LogP contribution in [0.15, 0.2) is 27.7 Å². The van der Waals surface area contributed by atoms with Crippen LogP contribution in [0.5, 0.6) is 5.75 Å². The zero-order chi connectivity index (χ0) is 9.84. The van der Waals surface area contributed by atoms with Gasteiger partial charge >= 0.3 is 0 Å². The third-order valence-corrected chi connectivity index (χ3v) is 2.11. The van der Waals surface area contributed by atoms with Crippen molar-refractivity contribution in [1.82, 2.24) is 0 Å². The van der Waals surface area contributed by atoms with Crippen LogP contribution in [0, 0.1) is 0 Å².